The van der Waals surface area contributed by atoms with Crippen LogP contribution in [0.25, 0.3) is 0 Å². The lowest BCUT2D eigenvalue weighted by Gasteiger charge is -1.86. The quantitative estimate of drug-likeness (QED) is 0.399. The Morgan fingerprint density at radius 2 is 1.73 bits per heavy atom. The lowest BCUT2D eigenvalue weighted by atomic mass is 10.4. The van der Waals surface area contributed by atoms with E-state index in [4.69, 9.17) is 4.79 Å². The summed E-state index contributed by atoms with van der Waals surface area (Å²) < 4.78 is 2.41. The van der Waals surface area contributed by atoms with Gasteiger partial charge in [-0.05, 0) is 58.5 Å². The molecule has 11 heavy (non-hydrogen) atoms. The zero-order chi connectivity index (χ0) is 8.69. The summed E-state index contributed by atoms with van der Waals surface area (Å²) in [6.07, 6.45) is 0. The van der Waals surface area contributed by atoms with E-state index in [1.54, 1.807) is 0 Å². The van der Waals surface area contributed by atoms with E-state index in [1.165, 1.54) is 3.57 Å². The van der Waals surface area contributed by atoms with Crippen LogP contribution in [0.1, 0.15) is 0 Å². The van der Waals surface area contributed by atoms with Crippen molar-refractivity contribution in [2.75, 3.05) is 0 Å². The van der Waals surface area contributed by atoms with Crippen LogP contribution in [0.3, 0.4) is 0 Å². The molecule has 60 valence electrons. The fourth-order valence-corrected chi connectivity index (χ4v) is 1.05. The largest absolute Gasteiger partial charge is 0.285 e. The average molecular weight is 347 g/mol. The smallest absolute Gasteiger partial charge is 0.208 e. The summed E-state index contributed by atoms with van der Waals surface area (Å²) in [5.74, 6) is 0.222. The van der Waals surface area contributed by atoms with E-state index in [2.05, 4.69) is 62.3 Å². The van der Waals surface area contributed by atoms with Gasteiger partial charge in [-0.15, -0.1) is 0 Å². The van der Waals surface area contributed by atoms with Gasteiger partial charge in [-0.3, -0.25) is 4.79 Å². The average Bonchev–Trinajstić information content (AvgIpc) is 1.97. The normalized spacial score (nSPS) is 7.91. The molecule has 0 aliphatic carbocycles. The van der Waals surface area contributed by atoms with Gasteiger partial charge >= 0.3 is 0 Å². The predicted molar refractivity (Wildman–Crippen MR) is 59.5 cm³/mol. The molecule has 0 unspecified atom stereocenters. The van der Waals surface area contributed by atoms with Crippen LogP contribution in [0.15, 0.2) is 28.7 Å². The van der Waals surface area contributed by atoms with E-state index in [1.807, 2.05) is 12.1 Å². The van der Waals surface area contributed by atoms with Crippen LogP contribution in [0.2, 0.25) is 0 Å². The maximum atomic E-state index is 8.57. The molecule has 0 spiro atoms. The van der Waals surface area contributed by atoms with Crippen LogP contribution >= 0.6 is 50.1 Å². The van der Waals surface area contributed by atoms with Gasteiger partial charge in [-0.25, -0.2) is 0 Å². The first kappa shape index (κ1) is 11.4. The number of rotatable bonds is 0. The second-order valence-electron chi connectivity index (χ2n) is 1.53. The molecular weight excluding hydrogens is 342 g/mol. The van der Waals surface area contributed by atoms with Crippen molar-refractivity contribution >= 4 is 55.9 Å². The highest BCUT2D eigenvalue weighted by atomic mass is 127. The topological polar surface area (TPSA) is 17.1 Å². The van der Waals surface area contributed by atoms with E-state index in [-0.39, 0.29) is 5.75 Å². The molecule has 0 amide bonds. The summed E-state index contributed by atoms with van der Waals surface area (Å²) in [7, 11) is 0. The summed E-state index contributed by atoms with van der Waals surface area (Å²) >= 11 is 9.94. The lowest BCUT2D eigenvalue weighted by Crippen LogP contribution is -1.65. The highest BCUT2D eigenvalue weighted by Gasteiger charge is 1.82. The molecule has 4 heteroatoms. The molecule has 1 aromatic rings. The minimum absolute atomic E-state index is 0.222. The molecule has 0 atom stereocenters. The van der Waals surface area contributed by atoms with Crippen molar-refractivity contribution in [3.05, 3.63) is 32.3 Å². The Morgan fingerprint density at radius 3 is 2.00 bits per heavy atom. The lowest BCUT2D eigenvalue weighted by molar-refractivity contribution is 0.569. The van der Waals surface area contributed by atoms with Crippen molar-refractivity contribution in [3.63, 3.8) is 0 Å². The number of carbonyl (C=O) groups excluding carboxylic acids is 1. The van der Waals surface area contributed by atoms with Crippen LogP contribution in [0.4, 0.5) is 0 Å². The van der Waals surface area contributed by atoms with Crippen molar-refractivity contribution < 1.29 is 4.79 Å². The summed E-state index contributed by atoms with van der Waals surface area (Å²) in [5.41, 5.74) is 0. The van der Waals surface area contributed by atoms with Gasteiger partial charge in [0.1, 0.15) is 0 Å². The minimum atomic E-state index is 0.222. The monoisotopic (exact) mass is 346 g/mol. The fraction of sp³-hybridized carbons (Fsp3) is 0. The van der Waals surface area contributed by atoms with E-state index in [0.717, 1.165) is 4.47 Å². The summed E-state index contributed by atoms with van der Waals surface area (Å²) in [6, 6.07) is 8.18. The van der Waals surface area contributed by atoms with Gasteiger partial charge in [0.25, 0.3) is 0 Å². The first-order valence-corrected chi connectivity index (χ1v) is 4.96. The van der Waals surface area contributed by atoms with Crippen molar-refractivity contribution in [1.82, 2.24) is 0 Å². The second kappa shape index (κ2) is 7.06. The number of benzene rings is 1. The van der Waals surface area contributed by atoms with Gasteiger partial charge < -0.3 is 0 Å². The van der Waals surface area contributed by atoms with Gasteiger partial charge in [0.15, 0.2) is 0 Å². The predicted octanol–water partition coefficient (Wildman–Crippen LogP) is 3.47. The Morgan fingerprint density at radius 1 is 1.36 bits per heavy atom. The third-order valence-electron chi connectivity index (χ3n) is 0.804. The molecule has 0 bridgehead atoms. The molecule has 0 aromatic heterocycles. The first-order valence-electron chi connectivity index (χ1n) is 2.65. The maximum absolute atomic E-state index is 8.57. The van der Waals surface area contributed by atoms with Gasteiger partial charge in [-0.2, -0.15) is 0 Å². The molecule has 0 radical (unpaired) electrons. The summed E-state index contributed by atoms with van der Waals surface area (Å²) in [6.45, 7) is 0. The number of carbonyl (C=O) groups is 1. The Hall–Kier alpha value is 0.390. The zero-order valence-electron chi connectivity index (χ0n) is 5.43. The van der Waals surface area contributed by atoms with Gasteiger partial charge in [0, 0.05) is 8.04 Å². The second-order valence-corrected chi connectivity index (χ2v) is 3.87. The third kappa shape index (κ3) is 6.77. The Bertz CT molecular complexity index is 191. The molecule has 0 aliphatic heterocycles. The molecule has 0 N–H and O–H groups in total. The van der Waals surface area contributed by atoms with Crippen LogP contribution in [-0.2, 0) is 4.79 Å². The summed E-state index contributed by atoms with van der Waals surface area (Å²) in [4.78, 5) is 8.57. The van der Waals surface area contributed by atoms with Crippen molar-refractivity contribution in [3.8, 4) is 0 Å². The minimum Gasteiger partial charge on any atom is -0.285 e. The molecule has 0 saturated heterocycles. The third-order valence-corrected chi connectivity index (χ3v) is 2.05. The van der Waals surface area contributed by atoms with Crippen LogP contribution < -0.4 is 0 Å². The molecule has 0 fully saturated rings. The van der Waals surface area contributed by atoms with Gasteiger partial charge in [-0.1, -0.05) is 15.9 Å². The van der Waals surface area contributed by atoms with E-state index in [9.17, 15) is 0 Å². The van der Waals surface area contributed by atoms with Crippen molar-refractivity contribution in [1.29, 1.82) is 0 Å². The summed E-state index contributed by atoms with van der Waals surface area (Å²) in [5, 5.41) is 0. The Balaban J connectivity index is 0.000000292. The van der Waals surface area contributed by atoms with Crippen LogP contribution in [-0.4, -0.2) is 5.75 Å². The molecule has 1 nitrogen and oxygen atoms in total. The number of hydrogen-bond donors (Lipinski definition) is 0. The van der Waals surface area contributed by atoms with Gasteiger partial charge in [0.2, 0.25) is 5.75 Å². The zero-order valence-corrected chi connectivity index (χ0v) is 9.93. The van der Waals surface area contributed by atoms with Crippen LogP contribution in [0.5, 0.6) is 0 Å². The van der Waals surface area contributed by atoms with E-state index in [0.29, 0.717) is 0 Å². The molecule has 1 rings (SSSR count). The van der Waals surface area contributed by atoms with Crippen molar-refractivity contribution in [2.45, 2.75) is 0 Å². The molecule has 1 aromatic carbocycles. The molecule has 0 aliphatic rings. The van der Waals surface area contributed by atoms with Crippen molar-refractivity contribution in [2.24, 2.45) is 0 Å². The Kier molecular flexibility index (Phi) is 7.31. The maximum Gasteiger partial charge on any atom is 0.208 e. The highest BCUT2D eigenvalue weighted by molar-refractivity contribution is 14.1. The van der Waals surface area contributed by atoms with Gasteiger partial charge in [0.05, 0.1) is 0 Å². The standard InChI is InChI=1S/C6H4BrI.CHClO/c7-5-1-3-6(8)4-2-5;2-1-3/h1-4H;1H. The highest BCUT2D eigenvalue weighted by Crippen LogP contribution is 2.11. The molecule has 0 heterocycles. The van der Waals surface area contributed by atoms with Crippen LogP contribution in [0, 0.1) is 3.57 Å². The molecular formula is C7H5BrClIO. The van der Waals surface area contributed by atoms with E-state index >= 15 is 0 Å². The SMILES string of the molecule is Brc1ccc(I)cc1.O=CCl. The first-order chi connectivity index (χ1) is 5.20. The van der Waals surface area contributed by atoms with E-state index < -0.39 is 0 Å². The number of hydrogen-bond acceptors (Lipinski definition) is 1. The fourth-order valence-electron chi connectivity index (χ4n) is 0.430. The number of halogens is 3. The molecule has 0 saturated carbocycles. The Labute approximate surface area is 92.4 Å².